The molecule has 0 saturated carbocycles. The SMILES string of the molecule is CCCN(CC(=O)OCC)C(=O)c1c(C)cccc1N. The first-order chi connectivity index (χ1) is 9.51. The number of ether oxygens (including phenoxy) is 1. The Morgan fingerprint density at radius 1 is 1.30 bits per heavy atom. The maximum atomic E-state index is 12.6. The zero-order chi connectivity index (χ0) is 15.1. The van der Waals surface area contributed by atoms with Crippen LogP contribution in [0.3, 0.4) is 0 Å². The van der Waals surface area contributed by atoms with E-state index in [4.69, 9.17) is 10.5 Å². The molecule has 0 saturated heterocycles. The number of anilines is 1. The minimum atomic E-state index is -0.401. The van der Waals surface area contributed by atoms with Crippen LogP contribution in [0.15, 0.2) is 18.2 Å². The van der Waals surface area contributed by atoms with Gasteiger partial charge in [-0.15, -0.1) is 0 Å². The Hall–Kier alpha value is -2.04. The molecule has 0 fully saturated rings. The topological polar surface area (TPSA) is 72.6 Å². The van der Waals surface area contributed by atoms with Crippen molar-refractivity contribution in [1.29, 1.82) is 0 Å². The van der Waals surface area contributed by atoms with E-state index in [0.717, 1.165) is 12.0 Å². The van der Waals surface area contributed by atoms with E-state index < -0.39 is 5.97 Å². The number of carbonyl (C=O) groups is 2. The van der Waals surface area contributed by atoms with Crippen molar-refractivity contribution in [3.05, 3.63) is 29.3 Å². The van der Waals surface area contributed by atoms with Gasteiger partial charge in [0, 0.05) is 12.2 Å². The van der Waals surface area contributed by atoms with Gasteiger partial charge >= 0.3 is 5.97 Å². The van der Waals surface area contributed by atoms with Crippen molar-refractivity contribution >= 4 is 17.6 Å². The summed E-state index contributed by atoms with van der Waals surface area (Å²) < 4.78 is 4.90. The molecule has 1 aromatic rings. The molecule has 110 valence electrons. The Balaban J connectivity index is 2.96. The molecule has 0 aliphatic rings. The van der Waals surface area contributed by atoms with Gasteiger partial charge in [0.05, 0.1) is 12.2 Å². The van der Waals surface area contributed by atoms with E-state index in [0.29, 0.717) is 24.4 Å². The summed E-state index contributed by atoms with van der Waals surface area (Å²) in [4.78, 5) is 25.6. The predicted octanol–water partition coefficient (Wildman–Crippen LogP) is 1.99. The lowest BCUT2D eigenvalue weighted by atomic mass is 10.1. The number of benzene rings is 1. The van der Waals surface area contributed by atoms with Crippen LogP contribution in [-0.4, -0.2) is 36.5 Å². The molecule has 0 aliphatic heterocycles. The fraction of sp³-hybridized carbons (Fsp3) is 0.467. The number of amides is 1. The number of nitrogens with two attached hydrogens (primary N) is 1. The van der Waals surface area contributed by atoms with Gasteiger partial charge in [-0.25, -0.2) is 0 Å². The number of hydrogen-bond donors (Lipinski definition) is 1. The lowest BCUT2D eigenvalue weighted by Gasteiger charge is -2.22. The van der Waals surface area contributed by atoms with Crippen LogP contribution < -0.4 is 5.73 Å². The lowest BCUT2D eigenvalue weighted by Crippen LogP contribution is -2.37. The highest BCUT2D eigenvalue weighted by atomic mass is 16.5. The molecule has 5 heteroatoms. The van der Waals surface area contributed by atoms with Crippen LogP contribution in [0.4, 0.5) is 5.69 Å². The predicted molar refractivity (Wildman–Crippen MR) is 78.4 cm³/mol. The second kappa shape index (κ2) is 7.53. The zero-order valence-electron chi connectivity index (χ0n) is 12.3. The summed E-state index contributed by atoms with van der Waals surface area (Å²) in [6.45, 7) is 6.27. The van der Waals surface area contributed by atoms with Crippen LogP contribution >= 0.6 is 0 Å². The van der Waals surface area contributed by atoms with E-state index in [1.165, 1.54) is 4.90 Å². The molecule has 5 nitrogen and oxygen atoms in total. The first kappa shape index (κ1) is 16.0. The highest BCUT2D eigenvalue weighted by molar-refractivity contribution is 6.01. The van der Waals surface area contributed by atoms with E-state index in [1.54, 1.807) is 19.1 Å². The van der Waals surface area contributed by atoms with E-state index in [-0.39, 0.29) is 12.5 Å². The summed E-state index contributed by atoms with van der Waals surface area (Å²) >= 11 is 0. The lowest BCUT2D eigenvalue weighted by molar-refractivity contribution is -0.143. The number of aryl methyl sites for hydroxylation is 1. The minimum absolute atomic E-state index is 0.0473. The number of rotatable bonds is 6. The Labute approximate surface area is 119 Å². The molecule has 20 heavy (non-hydrogen) atoms. The van der Waals surface area contributed by atoms with E-state index in [9.17, 15) is 9.59 Å². The molecule has 0 aliphatic carbocycles. The smallest absolute Gasteiger partial charge is 0.325 e. The highest BCUT2D eigenvalue weighted by Crippen LogP contribution is 2.18. The van der Waals surface area contributed by atoms with Crippen molar-refractivity contribution in [2.45, 2.75) is 27.2 Å². The van der Waals surface area contributed by atoms with Gasteiger partial charge < -0.3 is 15.4 Å². The summed E-state index contributed by atoms with van der Waals surface area (Å²) in [7, 11) is 0. The molecule has 1 rings (SSSR count). The Morgan fingerprint density at radius 3 is 2.55 bits per heavy atom. The molecule has 1 aromatic carbocycles. The average molecular weight is 278 g/mol. The monoisotopic (exact) mass is 278 g/mol. The summed E-state index contributed by atoms with van der Waals surface area (Å²) in [5, 5.41) is 0. The van der Waals surface area contributed by atoms with Gasteiger partial charge in [0.1, 0.15) is 6.54 Å². The largest absolute Gasteiger partial charge is 0.465 e. The van der Waals surface area contributed by atoms with Crippen molar-refractivity contribution in [3.63, 3.8) is 0 Å². The van der Waals surface area contributed by atoms with Gasteiger partial charge in [-0.3, -0.25) is 9.59 Å². The number of nitrogens with zero attached hydrogens (tertiary/aromatic N) is 1. The Bertz CT molecular complexity index is 466. The van der Waals surface area contributed by atoms with Crippen molar-refractivity contribution in [3.8, 4) is 0 Å². The summed E-state index contributed by atoms with van der Waals surface area (Å²) in [5.74, 6) is -0.628. The summed E-state index contributed by atoms with van der Waals surface area (Å²) in [5.41, 5.74) is 7.58. The molecule has 0 radical (unpaired) electrons. The summed E-state index contributed by atoms with van der Waals surface area (Å²) in [6, 6.07) is 5.32. The second-order valence-electron chi connectivity index (χ2n) is 4.57. The number of carbonyl (C=O) groups excluding carboxylic acids is 2. The number of esters is 1. The molecule has 1 amide bonds. The van der Waals surface area contributed by atoms with Crippen LogP contribution in [0.2, 0.25) is 0 Å². The molecule has 0 aromatic heterocycles. The minimum Gasteiger partial charge on any atom is -0.465 e. The van der Waals surface area contributed by atoms with Crippen LogP contribution in [0.5, 0.6) is 0 Å². The molecule has 0 heterocycles. The van der Waals surface area contributed by atoms with Gasteiger partial charge in [0.25, 0.3) is 5.91 Å². The van der Waals surface area contributed by atoms with Crippen molar-refractivity contribution < 1.29 is 14.3 Å². The molecular weight excluding hydrogens is 256 g/mol. The summed E-state index contributed by atoms with van der Waals surface area (Å²) in [6.07, 6.45) is 0.761. The third-order valence-corrected chi connectivity index (χ3v) is 2.92. The third-order valence-electron chi connectivity index (χ3n) is 2.92. The van der Waals surface area contributed by atoms with Crippen LogP contribution in [0.1, 0.15) is 36.2 Å². The van der Waals surface area contributed by atoms with Gasteiger partial charge in [-0.2, -0.15) is 0 Å². The fourth-order valence-electron chi connectivity index (χ4n) is 2.03. The maximum absolute atomic E-state index is 12.6. The third kappa shape index (κ3) is 3.98. The standard InChI is InChI=1S/C15H22N2O3/c1-4-9-17(10-13(18)20-5-2)15(19)14-11(3)7-6-8-12(14)16/h6-8H,4-5,9-10,16H2,1-3H3. The quantitative estimate of drug-likeness (QED) is 0.638. The molecular formula is C15H22N2O3. The molecule has 2 N–H and O–H groups in total. The first-order valence-electron chi connectivity index (χ1n) is 6.81. The van der Waals surface area contributed by atoms with Crippen LogP contribution in [-0.2, 0) is 9.53 Å². The fourth-order valence-corrected chi connectivity index (χ4v) is 2.03. The van der Waals surface area contributed by atoms with E-state index in [2.05, 4.69) is 0 Å². The average Bonchev–Trinajstić information content (AvgIpc) is 2.38. The van der Waals surface area contributed by atoms with Crippen LogP contribution in [0, 0.1) is 6.92 Å². The molecule has 0 bridgehead atoms. The van der Waals surface area contributed by atoms with Crippen LogP contribution in [0.25, 0.3) is 0 Å². The van der Waals surface area contributed by atoms with Crippen molar-refractivity contribution in [2.75, 3.05) is 25.4 Å². The highest BCUT2D eigenvalue weighted by Gasteiger charge is 2.22. The van der Waals surface area contributed by atoms with Gasteiger partial charge in [0.2, 0.25) is 0 Å². The van der Waals surface area contributed by atoms with Gasteiger partial charge in [-0.1, -0.05) is 19.1 Å². The normalized spacial score (nSPS) is 10.2. The zero-order valence-corrected chi connectivity index (χ0v) is 12.3. The van der Waals surface area contributed by atoms with Crippen molar-refractivity contribution in [2.24, 2.45) is 0 Å². The van der Waals surface area contributed by atoms with Gasteiger partial charge in [-0.05, 0) is 31.9 Å². The maximum Gasteiger partial charge on any atom is 0.325 e. The van der Waals surface area contributed by atoms with E-state index >= 15 is 0 Å². The second-order valence-corrected chi connectivity index (χ2v) is 4.57. The Morgan fingerprint density at radius 2 is 2.00 bits per heavy atom. The molecule has 0 unspecified atom stereocenters. The van der Waals surface area contributed by atoms with E-state index in [1.807, 2.05) is 19.9 Å². The van der Waals surface area contributed by atoms with Crippen molar-refractivity contribution in [1.82, 2.24) is 4.90 Å². The first-order valence-corrected chi connectivity index (χ1v) is 6.81. The molecule has 0 atom stereocenters. The molecule has 0 spiro atoms. The number of hydrogen-bond acceptors (Lipinski definition) is 4. The number of nitrogen functional groups attached to an aromatic ring is 1. The Kier molecular flexibility index (Phi) is 6.03. The van der Waals surface area contributed by atoms with Gasteiger partial charge in [0.15, 0.2) is 0 Å².